The minimum atomic E-state index is -0.876. The minimum Gasteiger partial charge on any atom is -0.481 e. The topological polar surface area (TPSA) is 83.4 Å². The number of aromatic nitrogens is 2. The van der Waals surface area contributed by atoms with Crippen LogP contribution in [0.3, 0.4) is 0 Å². The molecule has 1 saturated heterocycles. The summed E-state index contributed by atoms with van der Waals surface area (Å²) >= 11 is 0. The van der Waals surface area contributed by atoms with Gasteiger partial charge in [0.15, 0.2) is 0 Å². The number of carboxylic acids is 1. The summed E-state index contributed by atoms with van der Waals surface area (Å²) in [5, 5.41) is 8.78. The zero-order valence-corrected chi connectivity index (χ0v) is 9.24. The van der Waals surface area contributed by atoms with E-state index in [2.05, 4.69) is 9.97 Å². The average molecular weight is 235 g/mol. The average Bonchev–Trinajstić information content (AvgIpc) is 2.76. The lowest BCUT2D eigenvalue weighted by atomic mass is 10.1. The highest BCUT2D eigenvalue weighted by Gasteiger charge is 2.31. The molecule has 2 rings (SSSR count). The van der Waals surface area contributed by atoms with Crippen LogP contribution >= 0.6 is 0 Å². The van der Waals surface area contributed by atoms with E-state index in [9.17, 15) is 9.59 Å². The normalized spacial score (nSPS) is 19.3. The molecule has 6 heteroatoms. The number of aliphatic carboxylic acids is 1. The summed E-state index contributed by atoms with van der Waals surface area (Å²) in [5.74, 6) is -1.06. The van der Waals surface area contributed by atoms with Crippen LogP contribution in [0.5, 0.6) is 0 Å². The Balaban J connectivity index is 2.11. The van der Waals surface area contributed by atoms with Gasteiger partial charge in [0.2, 0.25) is 0 Å². The second-order valence-electron chi connectivity index (χ2n) is 4.02. The van der Waals surface area contributed by atoms with E-state index < -0.39 is 5.97 Å². The SMILES string of the molecule is O=C(O)CC1CCCN1C(=O)c1cncnc1. The van der Waals surface area contributed by atoms with Crippen molar-refractivity contribution in [3.8, 4) is 0 Å². The fourth-order valence-corrected chi connectivity index (χ4v) is 2.09. The number of rotatable bonds is 3. The smallest absolute Gasteiger partial charge is 0.305 e. The van der Waals surface area contributed by atoms with Gasteiger partial charge in [0, 0.05) is 25.0 Å². The van der Waals surface area contributed by atoms with E-state index in [0.717, 1.165) is 12.8 Å². The van der Waals surface area contributed by atoms with Crippen molar-refractivity contribution in [1.29, 1.82) is 0 Å². The first-order valence-electron chi connectivity index (χ1n) is 5.46. The molecule has 1 N–H and O–H groups in total. The number of nitrogens with zero attached hydrogens (tertiary/aromatic N) is 3. The first-order valence-corrected chi connectivity index (χ1v) is 5.46. The van der Waals surface area contributed by atoms with E-state index >= 15 is 0 Å². The Kier molecular flexibility index (Phi) is 3.32. The molecule has 1 aliphatic rings. The van der Waals surface area contributed by atoms with Crippen LogP contribution in [0.4, 0.5) is 0 Å². The monoisotopic (exact) mass is 235 g/mol. The van der Waals surface area contributed by atoms with Crippen molar-refractivity contribution in [3.63, 3.8) is 0 Å². The summed E-state index contributed by atoms with van der Waals surface area (Å²) in [6.45, 7) is 0.603. The van der Waals surface area contributed by atoms with E-state index in [-0.39, 0.29) is 18.4 Å². The highest BCUT2D eigenvalue weighted by molar-refractivity contribution is 5.94. The maximum atomic E-state index is 12.1. The molecule has 1 unspecified atom stereocenters. The molecule has 90 valence electrons. The lowest BCUT2D eigenvalue weighted by molar-refractivity contribution is -0.137. The number of hydrogen-bond donors (Lipinski definition) is 1. The third kappa shape index (κ3) is 2.58. The van der Waals surface area contributed by atoms with Crippen LogP contribution in [0, 0.1) is 0 Å². The molecule has 1 amide bonds. The molecule has 1 atom stereocenters. The van der Waals surface area contributed by atoms with Gasteiger partial charge in [-0.15, -0.1) is 0 Å². The molecule has 1 aromatic heterocycles. The fourth-order valence-electron chi connectivity index (χ4n) is 2.09. The summed E-state index contributed by atoms with van der Waals surface area (Å²) in [6, 6.07) is -0.208. The Morgan fingerprint density at radius 3 is 2.76 bits per heavy atom. The molecular formula is C11H13N3O3. The van der Waals surface area contributed by atoms with Crippen molar-refractivity contribution in [2.75, 3.05) is 6.54 Å². The molecule has 0 bridgehead atoms. The van der Waals surface area contributed by atoms with Gasteiger partial charge in [-0.2, -0.15) is 0 Å². The van der Waals surface area contributed by atoms with Crippen LogP contribution in [0.25, 0.3) is 0 Å². The van der Waals surface area contributed by atoms with Crippen LogP contribution in [0.1, 0.15) is 29.6 Å². The zero-order valence-electron chi connectivity index (χ0n) is 9.24. The van der Waals surface area contributed by atoms with Crippen molar-refractivity contribution in [2.24, 2.45) is 0 Å². The highest BCUT2D eigenvalue weighted by atomic mass is 16.4. The first-order chi connectivity index (χ1) is 8.18. The van der Waals surface area contributed by atoms with Gasteiger partial charge in [-0.3, -0.25) is 9.59 Å². The van der Waals surface area contributed by atoms with E-state index in [0.29, 0.717) is 12.1 Å². The Labute approximate surface area is 98.3 Å². The number of likely N-dealkylation sites (tertiary alicyclic amines) is 1. The first kappa shape index (κ1) is 11.5. The van der Waals surface area contributed by atoms with E-state index in [1.165, 1.54) is 18.7 Å². The van der Waals surface area contributed by atoms with E-state index in [1.807, 2.05) is 0 Å². The van der Waals surface area contributed by atoms with Crippen molar-refractivity contribution in [1.82, 2.24) is 14.9 Å². The number of amides is 1. The van der Waals surface area contributed by atoms with Gasteiger partial charge in [-0.25, -0.2) is 9.97 Å². The second-order valence-corrected chi connectivity index (χ2v) is 4.02. The van der Waals surface area contributed by atoms with E-state index in [4.69, 9.17) is 5.11 Å². The molecule has 0 aliphatic carbocycles. The fraction of sp³-hybridized carbons (Fsp3) is 0.455. The van der Waals surface area contributed by atoms with Crippen molar-refractivity contribution in [3.05, 3.63) is 24.3 Å². The van der Waals surface area contributed by atoms with Crippen molar-refractivity contribution >= 4 is 11.9 Å². The molecule has 17 heavy (non-hydrogen) atoms. The van der Waals surface area contributed by atoms with Gasteiger partial charge >= 0.3 is 5.97 Å². The lowest BCUT2D eigenvalue weighted by Gasteiger charge is -2.23. The summed E-state index contributed by atoms with van der Waals surface area (Å²) in [7, 11) is 0. The van der Waals surface area contributed by atoms with Gasteiger partial charge in [0.05, 0.1) is 12.0 Å². The molecule has 1 fully saturated rings. The van der Waals surface area contributed by atoms with Gasteiger partial charge in [-0.1, -0.05) is 0 Å². The summed E-state index contributed by atoms with van der Waals surface area (Å²) < 4.78 is 0. The van der Waals surface area contributed by atoms with Crippen molar-refractivity contribution in [2.45, 2.75) is 25.3 Å². The molecule has 1 aliphatic heterocycles. The molecule has 0 spiro atoms. The Morgan fingerprint density at radius 1 is 1.41 bits per heavy atom. The third-order valence-electron chi connectivity index (χ3n) is 2.86. The zero-order chi connectivity index (χ0) is 12.3. The Hall–Kier alpha value is -1.98. The standard InChI is InChI=1S/C11H13N3O3/c15-10(16)4-9-2-1-3-14(9)11(17)8-5-12-7-13-6-8/h5-7,9H,1-4H2,(H,15,16). The predicted molar refractivity (Wildman–Crippen MR) is 58.3 cm³/mol. The molecule has 0 radical (unpaired) electrons. The Morgan fingerprint density at radius 2 is 2.12 bits per heavy atom. The number of carbonyl (C=O) groups excluding carboxylic acids is 1. The maximum Gasteiger partial charge on any atom is 0.305 e. The highest BCUT2D eigenvalue weighted by Crippen LogP contribution is 2.22. The summed E-state index contributed by atoms with van der Waals surface area (Å²) in [6.07, 6.45) is 5.84. The lowest BCUT2D eigenvalue weighted by Crippen LogP contribution is -2.36. The summed E-state index contributed by atoms with van der Waals surface area (Å²) in [4.78, 5) is 32.0. The van der Waals surface area contributed by atoms with Crippen LogP contribution in [-0.4, -0.2) is 44.4 Å². The Bertz CT molecular complexity index is 421. The van der Waals surface area contributed by atoms with Gasteiger partial charge < -0.3 is 10.0 Å². The quantitative estimate of drug-likeness (QED) is 0.827. The molecule has 0 aromatic carbocycles. The van der Waals surface area contributed by atoms with Gasteiger partial charge in [-0.05, 0) is 12.8 Å². The largest absolute Gasteiger partial charge is 0.481 e. The van der Waals surface area contributed by atoms with Crippen LogP contribution in [-0.2, 0) is 4.79 Å². The molecule has 2 heterocycles. The maximum absolute atomic E-state index is 12.1. The summed E-state index contributed by atoms with van der Waals surface area (Å²) in [5.41, 5.74) is 0.407. The molecule has 6 nitrogen and oxygen atoms in total. The van der Waals surface area contributed by atoms with Crippen LogP contribution < -0.4 is 0 Å². The number of hydrogen-bond acceptors (Lipinski definition) is 4. The van der Waals surface area contributed by atoms with E-state index in [1.54, 1.807) is 4.90 Å². The molecule has 1 aromatic rings. The number of carbonyl (C=O) groups is 2. The predicted octanol–water partition coefficient (Wildman–Crippen LogP) is 0.556. The number of carboxylic acid groups (broad SMARTS) is 1. The third-order valence-corrected chi connectivity index (χ3v) is 2.86. The van der Waals surface area contributed by atoms with Gasteiger partial charge in [0.1, 0.15) is 6.33 Å². The minimum absolute atomic E-state index is 0.000565. The molecular weight excluding hydrogens is 222 g/mol. The van der Waals surface area contributed by atoms with Crippen molar-refractivity contribution < 1.29 is 14.7 Å². The second kappa shape index (κ2) is 4.90. The van der Waals surface area contributed by atoms with Crippen LogP contribution in [0.2, 0.25) is 0 Å². The van der Waals surface area contributed by atoms with Gasteiger partial charge in [0.25, 0.3) is 5.91 Å². The molecule has 0 saturated carbocycles. The van der Waals surface area contributed by atoms with Crippen LogP contribution in [0.15, 0.2) is 18.7 Å².